The molecule has 8 heteroatoms. The van der Waals surface area contributed by atoms with Gasteiger partial charge in [-0.3, -0.25) is 9.48 Å². The molecule has 0 saturated carbocycles. The Hall–Kier alpha value is -1.83. The van der Waals surface area contributed by atoms with Crippen LogP contribution < -0.4 is 4.85 Å². The summed E-state index contributed by atoms with van der Waals surface area (Å²) in [7, 11) is 3.94. The Morgan fingerprint density at radius 1 is 1.40 bits per heavy atom. The van der Waals surface area contributed by atoms with Gasteiger partial charge < -0.3 is 5.21 Å². The molecule has 0 aromatic carbocycles. The van der Waals surface area contributed by atoms with Gasteiger partial charge in [-0.05, 0) is 12.1 Å². The molecule has 0 N–H and O–H groups in total. The molecule has 1 fully saturated rings. The third kappa shape index (κ3) is 2.20. The van der Waals surface area contributed by atoms with Crippen molar-refractivity contribution < 1.29 is 9.42 Å². The van der Waals surface area contributed by atoms with Crippen LogP contribution in [0.4, 0.5) is 0 Å². The second-order valence-electron chi connectivity index (χ2n) is 4.81. The van der Waals surface area contributed by atoms with Gasteiger partial charge in [0.2, 0.25) is 5.52 Å². The molecule has 0 spiro atoms. The number of hydrogen-bond acceptors (Lipinski definition) is 4. The van der Waals surface area contributed by atoms with Crippen molar-refractivity contribution in [2.75, 3.05) is 38.7 Å². The van der Waals surface area contributed by atoms with E-state index in [-0.39, 0.29) is 0 Å². The lowest BCUT2D eigenvalue weighted by atomic mass is 10.4. The van der Waals surface area contributed by atoms with Crippen LogP contribution in [-0.4, -0.2) is 69.0 Å². The van der Waals surface area contributed by atoms with Gasteiger partial charge >= 0.3 is 11.6 Å². The van der Waals surface area contributed by atoms with Crippen molar-refractivity contribution in [1.82, 2.24) is 19.8 Å². The standard InChI is InChI=1S/C12H17N6OS/c1-15(2)12(16-6-8-20-9-7-16)17-10-4-3-5-13-11(10)18(19)14-17/h3-5H,6-9H2,1-2H3/q+1. The summed E-state index contributed by atoms with van der Waals surface area (Å²) in [5.74, 6) is 3.09. The van der Waals surface area contributed by atoms with E-state index in [1.165, 1.54) is 0 Å². The molecule has 0 bridgehead atoms. The number of hydrogen-bond donors (Lipinski definition) is 0. The Labute approximate surface area is 121 Å². The van der Waals surface area contributed by atoms with Gasteiger partial charge in [0.1, 0.15) is 6.20 Å². The third-order valence-electron chi connectivity index (χ3n) is 3.23. The molecule has 3 rings (SSSR count). The fourth-order valence-electron chi connectivity index (χ4n) is 2.39. The fourth-order valence-corrected chi connectivity index (χ4v) is 3.29. The fraction of sp³-hybridized carbons (Fsp3) is 0.500. The van der Waals surface area contributed by atoms with Gasteiger partial charge in [-0.15, -0.1) is 9.83 Å². The van der Waals surface area contributed by atoms with Gasteiger partial charge in [0.15, 0.2) is 0 Å². The lowest BCUT2D eigenvalue weighted by Gasteiger charge is -2.23. The second-order valence-corrected chi connectivity index (χ2v) is 6.04. The highest BCUT2D eigenvalue weighted by atomic mass is 32.2. The predicted octanol–water partition coefficient (Wildman–Crippen LogP) is -0.410. The van der Waals surface area contributed by atoms with Gasteiger partial charge in [-0.2, -0.15) is 11.8 Å². The molecule has 1 saturated heterocycles. The van der Waals surface area contributed by atoms with Gasteiger partial charge in [0.05, 0.1) is 27.2 Å². The van der Waals surface area contributed by atoms with Crippen molar-refractivity contribution in [2.24, 2.45) is 0 Å². The SMILES string of the molecule is C[N+](C)=C(N1CCSCC1)n1n[n+]([O-])c2ncccc21. The van der Waals surface area contributed by atoms with E-state index in [0.717, 1.165) is 36.1 Å². The third-order valence-corrected chi connectivity index (χ3v) is 4.17. The lowest BCUT2D eigenvalue weighted by Crippen LogP contribution is -2.47. The van der Waals surface area contributed by atoms with Crippen LogP contribution in [0, 0.1) is 5.21 Å². The minimum absolute atomic E-state index is 0.346. The Balaban J connectivity index is 2.13. The Kier molecular flexibility index (Phi) is 3.47. The molecule has 0 radical (unpaired) electrons. The molecule has 106 valence electrons. The summed E-state index contributed by atoms with van der Waals surface area (Å²) in [5.41, 5.74) is 1.07. The Bertz CT molecular complexity index is 657. The zero-order chi connectivity index (χ0) is 14.1. The average molecular weight is 293 g/mol. The maximum Gasteiger partial charge on any atom is 0.382 e. The maximum atomic E-state index is 11.9. The first-order valence-corrected chi connectivity index (χ1v) is 7.65. The van der Waals surface area contributed by atoms with Gasteiger partial charge in [-0.25, -0.2) is 0 Å². The quantitative estimate of drug-likeness (QED) is 0.286. The zero-order valence-corrected chi connectivity index (χ0v) is 12.4. The molecular weight excluding hydrogens is 276 g/mol. The van der Waals surface area contributed by atoms with E-state index in [2.05, 4.69) is 15.1 Å². The molecule has 0 atom stereocenters. The first-order valence-electron chi connectivity index (χ1n) is 6.49. The van der Waals surface area contributed by atoms with E-state index in [1.807, 2.05) is 42.6 Å². The highest BCUT2D eigenvalue weighted by Gasteiger charge is 2.29. The highest BCUT2D eigenvalue weighted by Crippen LogP contribution is 2.12. The monoisotopic (exact) mass is 293 g/mol. The van der Waals surface area contributed by atoms with Crippen LogP contribution in [0.1, 0.15) is 0 Å². The number of thioether (sulfide) groups is 1. The van der Waals surface area contributed by atoms with Gasteiger partial charge in [0.25, 0.3) is 0 Å². The maximum absolute atomic E-state index is 11.9. The average Bonchev–Trinajstić information content (AvgIpc) is 2.78. The van der Waals surface area contributed by atoms with E-state index in [9.17, 15) is 5.21 Å². The molecular formula is C12H17N6OS+. The van der Waals surface area contributed by atoms with Crippen LogP contribution in [0.2, 0.25) is 0 Å². The zero-order valence-electron chi connectivity index (χ0n) is 11.6. The van der Waals surface area contributed by atoms with E-state index in [1.54, 1.807) is 10.9 Å². The number of nitrogens with zero attached hydrogens (tertiary/aromatic N) is 6. The summed E-state index contributed by atoms with van der Waals surface area (Å²) >= 11 is 1.95. The first-order chi connectivity index (χ1) is 9.68. The van der Waals surface area contributed by atoms with E-state index in [0.29, 0.717) is 10.5 Å². The topological polar surface area (TPSA) is 63.9 Å². The van der Waals surface area contributed by atoms with Crippen molar-refractivity contribution in [3.63, 3.8) is 0 Å². The molecule has 7 nitrogen and oxygen atoms in total. The van der Waals surface area contributed by atoms with Crippen LogP contribution in [0.3, 0.4) is 0 Å². The molecule has 2 aromatic rings. The molecule has 1 aliphatic heterocycles. The van der Waals surface area contributed by atoms with Crippen LogP contribution in [0.5, 0.6) is 0 Å². The molecule has 0 amide bonds. The summed E-state index contributed by atoms with van der Waals surface area (Å²) in [4.78, 5) is 6.94. The first kappa shape index (κ1) is 13.2. The molecule has 2 aromatic heterocycles. The Morgan fingerprint density at radius 2 is 2.15 bits per heavy atom. The summed E-state index contributed by atoms with van der Waals surface area (Å²) in [6.45, 7) is 1.91. The van der Waals surface area contributed by atoms with Crippen LogP contribution in [0.25, 0.3) is 11.2 Å². The Morgan fingerprint density at radius 3 is 2.85 bits per heavy atom. The van der Waals surface area contributed by atoms with Crippen molar-refractivity contribution in [2.45, 2.75) is 0 Å². The summed E-state index contributed by atoms with van der Waals surface area (Å²) in [6, 6.07) is 3.69. The van der Waals surface area contributed by atoms with Gasteiger partial charge in [0, 0.05) is 16.7 Å². The van der Waals surface area contributed by atoms with Crippen LogP contribution in [-0.2, 0) is 0 Å². The smallest absolute Gasteiger partial charge is 0.382 e. The van der Waals surface area contributed by atoms with Gasteiger partial charge in [-0.1, -0.05) is 4.68 Å². The van der Waals surface area contributed by atoms with Crippen molar-refractivity contribution >= 4 is 28.9 Å². The summed E-state index contributed by atoms with van der Waals surface area (Å²) < 4.78 is 3.68. The van der Waals surface area contributed by atoms with Crippen molar-refractivity contribution in [3.8, 4) is 0 Å². The van der Waals surface area contributed by atoms with Crippen LogP contribution in [0.15, 0.2) is 18.3 Å². The molecule has 0 aliphatic carbocycles. The van der Waals surface area contributed by atoms with E-state index >= 15 is 0 Å². The minimum Gasteiger partial charge on any atom is -0.721 e. The molecule has 20 heavy (non-hydrogen) atoms. The van der Waals surface area contributed by atoms with Crippen molar-refractivity contribution in [1.29, 1.82) is 0 Å². The number of rotatable bonds is 0. The molecule has 1 aliphatic rings. The summed E-state index contributed by atoms with van der Waals surface area (Å²) in [6.07, 6.45) is 1.61. The number of fused-ring (bicyclic) bond motifs is 1. The van der Waals surface area contributed by atoms with Crippen molar-refractivity contribution in [3.05, 3.63) is 23.5 Å². The lowest BCUT2D eigenvalue weighted by molar-refractivity contribution is -0.647. The normalized spacial score (nSPS) is 15.6. The predicted molar refractivity (Wildman–Crippen MR) is 77.9 cm³/mol. The minimum atomic E-state index is 0.346. The number of aromatic nitrogens is 4. The largest absolute Gasteiger partial charge is 0.721 e. The number of pyridine rings is 1. The molecule has 3 heterocycles. The van der Waals surface area contributed by atoms with Crippen LogP contribution >= 0.6 is 11.8 Å². The highest BCUT2D eigenvalue weighted by molar-refractivity contribution is 7.99. The summed E-state index contributed by atoms with van der Waals surface area (Å²) in [5, 5.41) is 16.0. The van der Waals surface area contributed by atoms with E-state index < -0.39 is 0 Å². The van der Waals surface area contributed by atoms with E-state index in [4.69, 9.17) is 0 Å². The second kappa shape index (κ2) is 5.28. The molecule has 0 unspecified atom stereocenters.